The number of likely N-dealkylation sites (N-methyl/N-ethyl adjacent to an activating group) is 1. The Morgan fingerprint density at radius 1 is 1.13 bits per heavy atom. The van der Waals surface area contributed by atoms with Gasteiger partial charge in [-0.15, -0.1) is 0 Å². The van der Waals surface area contributed by atoms with Crippen molar-refractivity contribution in [1.29, 1.82) is 0 Å². The van der Waals surface area contributed by atoms with E-state index in [1.165, 1.54) is 22.2 Å². The average molecular weight is 464 g/mol. The summed E-state index contributed by atoms with van der Waals surface area (Å²) in [6, 6.07) is 9.53. The van der Waals surface area contributed by atoms with Crippen LogP contribution >= 0.6 is 35.6 Å². The van der Waals surface area contributed by atoms with Crippen LogP contribution in [0.4, 0.5) is 0 Å². The van der Waals surface area contributed by atoms with E-state index in [4.69, 9.17) is 38.0 Å². The molecular formula is C22H22ClNO4S2. The first-order valence-corrected chi connectivity index (χ1v) is 10.8. The lowest BCUT2D eigenvalue weighted by atomic mass is 10.1. The molecule has 0 aliphatic carbocycles. The molecule has 8 heteroatoms. The van der Waals surface area contributed by atoms with E-state index < -0.39 is 0 Å². The summed E-state index contributed by atoms with van der Waals surface area (Å²) < 4.78 is 17.6. The first-order chi connectivity index (χ1) is 14.3. The number of halogens is 1. The Hall–Kier alpha value is -2.22. The number of amides is 1. The second-order valence-electron chi connectivity index (χ2n) is 6.74. The maximum Gasteiger partial charge on any atom is 0.265 e. The van der Waals surface area contributed by atoms with E-state index in [1.807, 2.05) is 26.0 Å². The summed E-state index contributed by atoms with van der Waals surface area (Å²) in [4.78, 5) is 14.2. The number of hydrogen-bond donors (Lipinski definition) is 0. The Morgan fingerprint density at radius 3 is 2.50 bits per heavy atom. The summed E-state index contributed by atoms with van der Waals surface area (Å²) in [6.07, 6.45) is 1.74. The Balaban J connectivity index is 1.68. The Morgan fingerprint density at radius 2 is 1.87 bits per heavy atom. The van der Waals surface area contributed by atoms with E-state index in [2.05, 4.69) is 6.07 Å². The minimum atomic E-state index is -0.135. The lowest BCUT2D eigenvalue weighted by Crippen LogP contribution is -2.22. The Bertz CT molecular complexity index is 1020. The molecule has 0 spiro atoms. The van der Waals surface area contributed by atoms with E-state index in [9.17, 15) is 4.79 Å². The number of thioether (sulfide) groups is 1. The van der Waals surface area contributed by atoms with Crippen molar-refractivity contribution in [2.24, 2.45) is 0 Å². The molecule has 1 amide bonds. The van der Waals surface area contributed by atoms with Gasteiger partial charge in [0.1, 0.15) is 23.3 Å². The number of carbonyl (C=O) groups is 1. The maximum atomic E-state index is 12.2. The number of nitrogens with zero attached hydrogens (tertiary/aromatic N) is 1. The fraction of sp³-hybridized carbons (Fsp3) is 0.273. The third-order valence-corrected chi connectivity index (χ3v) is 6.22. The summed E-state index contributed by atoms with van der Waals surface area (Å²) in [6.45, 7) is 4.72. The van der Waals surface area contributed by atoms with Crippen molar-refractivity contribution in [2.75, 3.05) is 27.4 Å². The molecule has 1 heterocycles. The lowest BCUT2D eigenvalue weighted by molar-refractivity contribution is -0.121. The van der Waals surface area contributed by atoms with Crippen molar-refractivity contribution in [2.45, 2.75) is 13.8 Å². The molecule has 2 aromatic carbocycles. The number of hydrogen-bond acceptors (Lipinski definition) is 6. The van der Waals surface area contributed by atoms with Gasteiger partial charge in [0, 0.05) is 7.05 Å². The molecule has 158 valence electrons. The van der Waals surface area contributed by atoms with E-state index >= 15 is 0 Å². The second-order valence-corrected chi connectivity index (χ2v) is 8.82. The summed E-state index contributed by atoms with van der Waals surface area (Å²) in [5.74, 6) is 1.60. The molecule has 1 aliphatic rings. The van der Waals surface area contributed by atoms with Crippen molar-refractivity contribution in [3.05, 3.63) is 56.9 Å². The van der Waals surface area contributed by atoms with Crippen LogP contribution in [0, 0.1) is 13.8 Å². The van der Waals surface area contributed by atoms with Crippen LogP contribution in [0.15, 0.2) is 35.2 Å². The van der Waals surface area contributed by atoms with E-state index in [-0.39, 0.29) is 5.91 Å². The first-order valence-electron chi connectivity index (χ1n) is 9.22. The first kappa shape index (κ1) is 22.5. The van der Waals surface area contributed by atoms with Gasteiger partial charge in [-0.1, -0.05) is 53.3 Å². The van der Waals surface area contributed by atoms with Crippen LogP contribution in [0.1, 0.15) is 16.7 Å². The van der Waals surface area contributed by atoms with Gasteiger partial charge in [0.15, 0.2) is 11.5 Å². The predicted molar refractivity (Wildman–Crippen MR) is 126 cm³/mol. The van der Waals surface area contributed by atoms with Crippen LogP contribution < -0.4 is 14.2 Å². The number of ether oxygens (including phenoxy) is 3. The van der Waals surface area contributed by atoms with Crippen molar-refractivity contribution in [3.8, 4) is 17.2 Å². The summed E-state index contributed by atoms with van der Waals surface area (Å²) in [7, 11) is 3.20. The van der Waals surface area contributed by atoms with Gasteiger partial charge in [-0.3, -0.25) is 9.69 Å². The van der Waals surface area contributed by atoms with Crippen LogP contribution in [0.3, 0.4) is 0 Å². The molecule has 0 bridgehead atoms. The molecular weight excluding hydrogens is 442 g/mol. The van der Waals surface area contributed by atoms with Crippen molar-refractivity contribution < 1.29 is 19.0 Å². The third kappa shape index (κ3) is 5.09. The smallest absolute Gasteiger partial charge is 0.265 e. The van der Waals surface area contributed by atoms with Crippen molar-refractivity contribution >= 4 is 51.9 Å². The second kappa shape index (κ2) is 9.73. The topological polar surface area (TPSA) is 48.0 Å². The van der Waals surface area contributed by atoms with Gasteiger partial charge in [0.2, 0.25) is 0 Å². The van der Waals surface area contributed by atoms with Crippen LogP contribution in [-0.2, 0) is 4.79 Å². The van der Waals surface area contributed by atoms with Crippen LogP contribution in [0.5, 0.6) is 17.2 Å². The molecule has 0 saturated carbocycles. The van der Waals surface area contributed by atoms with Crippen LogP contribution in [0.25, 0.3) is 6.08 Å². The zero-order valence-corrected chi connectivity index (χ0v) is 19.5. The summed E-state index contributed by atoms with van der Waals surface area (Å²) in [5, 5.41) is 0.388. The normalized spacial score (nSPS) is 15.1. The molecule has 5 nitrogen and oxygen atoms in total. The number of methoxy groups -OCH3 is 1. The van der Waals surface area contributed by atoms with Gasteiger partial charge in [0.25, 0.3) is 5.91 Å². The highest BCUT2D eigenvalue weighted by molar-refractivity contribution is 8.26. The highest BCUT2D eigenvalue weighted by atomic mass is 35.5. The molecule has 0 N–H and O–H groups in total. The van der Waals surface area contributed by atoms with Gasteiger partial charge in [-0.25, -0.2) is 0 Å². The molecule has 30 heavy (non-hydrogen) atoms. The Kier molecular flexibility index (Phi) is 7.28. The number of benzene rings is 2. The fourth-order valence-electron chi connectivity index (χ4n) is 2.92. The predicted octanol–water partition coefficient (Wildman–Crippen LogP) is 5.25. The molecule has 2 aromatic rings. The minimum Gasteiger partial charge on any atom is -0.493 e. The standard InChI is InChI=1S/C22H22ClNO4S2/c1-13-5-6-17(14(2)9-13)27-7-8-28-20-16(23)10-15(11-18(20)26-4)12-19-21(25)24(3)22(29)30-19/h5-6,9-12H,7-8H2,1-4H3/b19-12-. The van der Waals surface area contributed by atoms with Crippen LogP contribution in [-0.4, -0.2) is 42.5 Å². The van der Waals surface area contributed by atoms with Gasteiger partial charge >= 0.3 is 0 Å². The molecule has 0 atom stereocenters. The van der Waals surface area contributed by atoms with Gasteiger partial charge in [-0.2, -0.15) is 0 Å². The molecule has 0 radical (unpaired) electrons. The number of carbonyl (C=O) groups excluding carboxylic acids is 1. The SMILES string of the molecule is COc1cc(/C=C2\SC(=S)N(C)C2=O)cc(Cl)c1OCCOc1ccc(C)cc1C. The van der Waals surface area contributed by atoms with Crippen LogP contribution in [0.2, 0.25) is 5.02 Å². The molecule has 3 rings (SSSR count). The largest absolute Gasteiger partial charge is 0.493 e. The van der Waals surface area contributed by atoms with Crippen molar-refractivity contribution in [1.82, 2.24) is 4.90 Å². The average Bonchev–Trinajstić information content (AvgIpc) is 2.94. The van der Waals surface area contributed by atoms with Gasteiger partial charge < -0.3 is 14.2 Å². The summed E-state index contributed by atoms with van der Waals surface area (Å²) in [5.41, 5.74) is 2.99. The number of aryl methyl sites for hydroxylation is 2. The molecule has 0 aromatic heterocycles. The van der Waals surface area contributed by atoms with E-state index in [0.717, 1.165) is 16.9 Å². The molecule has 0 unspecified atom stereocenters. The summed E-state index contributed by atoms with van der Waals surface area (Å²) >= 11 is 12.8. The molecule has 1 saturated heterocycles. The molecule has 1 aliphatic heterocycles. The Labute approximate surface area is 190 Å². The molecule has 1 fully saturated rings. The highest BCUT2D eigenvalue weighted by Gasteiger charge is 2.28. The zero-order chi connectivity index (χ0) is 21.8. The monoisotopic (exact) mass is 463 g/mol. The van der Waals surface area contributed by atoms with Gasteiger partial charge in [0.05, 0.1) is 17.0 Å². The maximum absolute atomic E-state index is 12.2. The highest BCUT2D eigenvalue weighted by Crippen LogP contribution is 2.38. The number of rotatable bonds is 7. The van der Waals surface area contributed by atoms with Crippen molar-refractivity contribution in [3.63, 3.8) is 0 Å². The quantitative estimate of drug-likeness (QED) is 0.317. The minimum absolute atomic E-state index is 0.135. The fourth-order valence-corrected chi connectivity index (χ4v) is 4.37. The van der Waals surface area contributed by atoms with E-state index in [1.54, 1.807) is 32.4 Å². The van der Waals surface area contributed by atoms with E-state index in [0.29, 0.717) is 39.0 Å². The lowest BCUT2D eigenvalue weighted by Gasteiger charge is -2.14. The number of thiocarbonyl (C=S) groups is 1. The third-order valence-electron chi connectivity index (χ3n) is 4.45. The zero-order valence-electron chi connectivity index (χ0n) is 17.2. The van der Waals surface area contributed by atoms with Gasteiger partial charge in [-0.05, 0) is 49.2 Å².